The molecule has 0 aliphatic carbocycles. The number of rotatable bonds is 13. The first kappa shape index (κ1) is 21.2. The second-order valence-electron chi connectivity index (χ2n) is 7.80. The molecule has 6 nitrogen and oxygen atoms in total. The van der Waals surface area contributed by atoms with E-state index in [0.717, 1.165) is 64.3 Å². The van der Waals surface area contributed by atoms with Gasteiger partial charge < -0.3 is 9.84 Å². The van der Waals surface area contributed by atoms with Gasteiger partial charge in [0.15, 0.2) is 0 Å². The Labute approximate surface area is 157 Å². The second kappa shape index (κ2) is 10.9. The molecule has 0 radical (unpaired) electrons. The first-order valence-corrected chi connectivity index (χ1v) is 10.4. The van der Waals surface area contributed by atoms with Crippen molar-refractivity contribution in [1.29, 1.82) is 0 Å². The van der Waals surface area contributed by atoms with Gasteiger partial charge in [0, 0.05) is 32.4 Å². The minimum atomic E-state index is -0.702. The van der Waals surface area contributed by atoms with Gasteiger partial charge in [-0.05, 0) is 38.0 Å². The van der Waals surface area contributed by atoms with Gasteiger partial charge in [-0.2, -0.15) is 0 Å². The van der Waals surface area contributed by atoms with Crippen molar-refractivity contribution in [2.75, 3.05) is 13.6 Å². The number of ether oxygens (including phenoxy) is 1. The summed E-state index contributed by atoms with van der Waals surface area (Å²) >= 11 is 0. The van der Waals surface area contributed by atoms with E-state index in [1.165, 1.54) is 0 Å². The third-order valence-electron chi connectivity index (χ3n) is 5.98. The van der Waals surface area contributed by atoms with Crippen molar-refractivity contribution >= 4 is 11.9 Å². The largest absolute Gasteiger partial charge is 0.481 e. The lowest BCUT2D eigenvalue weighted by molar-refractivity contribution is -0.137. The molecule has 2 saturated heterocycles. The number of carboxylic acids is 1. The molecule has 0 aromatic rings. The van der Waals surface area contributed by atoms with Crippen molar-refractivity contribution in [3.05, 3.63) is 0 Å². The number of unbranched alkanes of at least 4 members (excludes halogenated alkanes) is 4. The number of nitrogens with one attached hydrogen (secondary N) is 1. The molecule has 2 aliphatic heterocycles. The van der Waals surface area contributed by atoms with Crippen molar-refractivity contribution in [2.24, 2.45) is 11.8 Å². The highest BCUT2D eigenvalue weighted by atomic mass is 16.5. The van der Waals surface area contributed by atoms with Gasteiger partial charge in [0.2, 0.25) is 5.91 Å². The zero-order valence-corrected chi connectivity index (χ0v) is 16.4. The number of nitrogens with zero attached hydrogens (tertiary/aromatic N) is 1. The smallest absolute Gasteiger partial charge is 0.303 e. The highest BCUT2D eigenvalue weighted by Crippen LogP contribution is 2.45. The maximum absolute atomic E-state index is 12.4. The van der Waals surface area contributed by atoms with E-state index in [2.05, 4.69) is 12.3 Å². The molecule has 0 aromatic carbocycles. The Balaban J connectivity index is 1.79. The Morgan fingerprint density at radius 3 is 2.38 bits per heavy atom. The van der Waals surface area contributed by atoms with Crippen LogP contribution < -0.4 is 5.43 Å². The van der Waals surface area contributed by atoms with Crippen molar-refractivity contribution in [1.82, 2.24) is 10.4 Å². The van der Waals surface area contributed by atoms with Gasteiger partial charge in [-0.25, -0.2) is 5.43 Å². The molecule has 2 rings (SSSR count). The first-order valence-electron chi connectivity index (χ1n) is 10.4. The predicted octanol–water partition coefficient (Wildman–Crippen LogP) is 3.36. The molecule has 26 heavy (non-hydrogen) atoms. The number of carboxylic acid groups (broad SMARTS) is 1. The van der Waals surface area contributed by atoms with Gasteiger partial charge in [0.1, 0.15) is 0 Å². The van der Waals surface area contributed by atoms with E-state index in [0.29, 0.717) is 30.5 Å². The summed E-state index contributed by atoms with van der Waals surface area (Å²) in [6, 6.07) is 0. The molecular formula is C20H36N2O4. The zero-order valence-electron chi connectivity index (χ0n) is 16.4. The van der Waals surface area contributed by atoms with Crippen LogP contribution in [0.3, 0.4) is 0 Å². The first-order chi connectivity index (χ1) is 12.6. The normalized spacial score (nSPS) is 27.0. The Morgan fingerprint density at radius 2 is 1.73 bits per heavy atom. The molecule has 150 valence electrons. The lowest BCUT2D eigenvalue weighted by Gasteiger charge is -2.32. The monoisotopic (exact) mass is 368 g/mol. The summed E-state index contributed by atoms with van der Waals surface area (Å²) in [5.74, 6) is 0.435. The summed E-state index contributed by atoms with van der Waals surface area (Å²) in [4.78, 5) is 23.0. The molecule has 0 spiro atoms. The highest BCUT2D eigenvalue weighted by molar-refractivity contribution is 5.75. The Hall–Kier alpha value is -1.14. The van der Waals surface area contributed by atoms with Crippen LogP contribution in [0.25, 0.3) is 0 Å². The maximum Gasteiger partial charge on any atom is 0.303 e. The number of hydrogen-bond acceptors (Lipinski definition) is 4. The van der Waals surface area contributed by atoms with Crippen LogP contribution in [-0.4, -0.2) is 47.8 Å². The minimum absolute atomic E-state index is 0.185. The maximum atomic E-state index is 12.4. The molecule has 0 aromatic heterocycles. The minimum Gasteiger partial charge on any atom is -0.481 e. The van der Waals surface area contributed by atoms with Crippen molar-refractivity contribution < 1.29 is 19.4 Å². The summed E-state index contributed by atoms with van der Waals surface area (Å²) < 4.78 is 6.17. The van der Waals surface area contributed by atoms with E-state index in [4.69, 9.17) is 9.84 Å². The fraction of sp³-hybridized carbons (Fsp3) is 0.900. The molecular weight excluding hydrogens is 332 g/mol. The summed E-state index contributed by atoms with van der Waals surface area (Å²) in [5, 5.41) is 10.5. The fourth-order valence-corrected chi connectivity index (χ4v) is 4.52. The van der Waals surface area contributed by atoms with E-state index < -0.39 is 5.97 Å². The standard InChI is InChI=1S/C20H36N2O4/c1-3-4-10-19(23)22(21-2)14-16-15(17-12-13-18(16)26-17)9-7-5-6-8-11-20(24)25/h15-18,21H,3-14H2,1-2H3,(H,24,25). The lowest BCUT2D eigenvalue weighted by atomic mass is 9.76. The number of hydrazine groups is 1. The molecule has 2 N–H and O–H groups in total. The summed E-state index contributed by atoms with van der Waals surface area (Å²) in [5.41, 5.74) is 3.08. The van der Waals surface area contributed by atoms with Gasteiger partial charge in [0.05, 0.1) is 12.2 Å². The fourth-order valence-electron chi connectivity index (χ4n) is 4.52. The third-order valence-corrected chi connectivity index (χ3v) is 5.98. The van der Waals surface area contributed by atoms with Crippen molar-refractivity contribution in [3.63, 3.8) is 0 Å². The summed E-state index contributed by atoms with van der Waals surface area (Å²) in [6.07, 6.45) is 10.8. The molecule has 2 heterocycles. The predicted molar refractivity (Wildman–Crippen MR) is 101 cm³/mol. The van der Waals surface area contributed by atoms with Crippen LogP contribution in [0.1, 0.15) is 77.6 Å². The number of amides is 1. The molecule has 4 atom stereocenters. The summed E-state index contributed by atoms with van der Waals surface area (Å²) in [6.45, 7) is 2.84. The van der Waals surface area contributed by atoms with Crippen LogP contribution in [0.15, 0.2) is 0 Å². The molecule has 1 amide bonds. The van der Waals surface area contributed by atoms with Gasteiger partial charge in [-0.1, -0.05) is 32.6 Å². The average Bonchev–Trinajstić information content (AvgIpc) is 3.22. The Morgan fingerprint density at radius 1 is 1.04 bits per heavy atom. The highest BCUT2D eigenvalue weighted by Gasteiger charge is 2.48. The molecule has 2 aliphatic rings. The number of hydrogen-bond donors (Lipinski definition) is 2. The SMILES string of the molecule is CCCCC(=O)N(CC1C2CCC(O2)C1CCCCCCC(=O)O)NC. The Kier molecular flexibility index (Phi) is 8.85. The topological polar surface area (TPSA) is 78.9 Å². The third kappa shape index (κ3) is 5.95. The molecule has 6 heteroatoms. The van der Waals surface area contributed by atoms with E-state index in [1.807, 2.05) is 7.05 Å². The number of carbonyl (C=O) groups excluding carboxylic acids is 1. The van der Waals surface area contributed by atoms with Crippen LogP contribution >= 0.6 is 0 Å². The number of carbonyl (C=O) groups is 2. The quantitative estimate of drug-likeness (QED) is 0.385. The zero-order chi connectivity index (χ0) is 18.9. The van der Waals surface area contributed by atoms with Gasteiger partial charge in [-0.15, -0.1) is 0 Å². The van der Waals surface area contributed by atoms with Crippen LogP contribution in [0.2, 0.25) is 0 Å². The number of aliphatic carboxylic acids is 1. The average molecular weight is 369 g/mol. The molecule has 0 saturated carbocycles. The van der Waals surface area contributed by atoms with Crippen LogP contribution in [0.4, 0.5) is 0 Å². The Bertz CT molecular complexity index is 457. The van der Waals surface area contributed by atoms with E-state index >= 15 is 0 Å². The molecule has 4 unspecified atom stereocenters. The van der Waals surface area contributed by atoms with Crippen molar-refractivity contribution in [2.45, 2.75) is 89.8 Å². The molecule has 2 fully saturated rings. The van der Waals surface area contributed by atoms with Gasteiger partial charge in [-0.3, -0.25) is 14.6 Å². The van der Waals surface area contributed by atoms with Crippen molar-refractivity contribution in [3.8, 4) is 0 Å². The van der Waals surface area contributed by atoms with E-state index in [-0.39, 0.29) is 12.3 Å². The second-order valence-corrected chi connectivity index (χ2v) is 7.80. The molecule has 2 bridgehead atoms. The van der Waals surface area contributed by atoms with Crippen LogP contribution in [0.5, 0.6) is 0 Å². The lowest BCUT2D eigenvalue weighted by Crippen LogP contribution is -2.47. The van der Waals surface area contributed by atoms with Gasteiger partial charge >= 0.3 is 5.97 Å². The number of fused-ring (bicyclic) bond motifs is 2. The van der Waals surface area contributed by atoms with E-state index in [1.54, 1.807) is 5.01 Å². The summed E-state index contributed by atoms with van der Waals surface area (Å²) in [7, 11) is 1.83. The van der Waals surface area contributed by atoms with Crippen LogP contribution in [-0.2, 0) is 14.3 Å². The van der Waals surface area contributed by atoms with Gasteiger partial charge in [0.25, 0.3) is 0 Å². The van der Waals surface area contributed by atoms with E-state index in [9.17, 15) is 9.59 Å². The van der Waals surface area contributed by atoms with Crippen LogP contribution in [0, 0.1) is 11.8 Å².